The molecule has 7 nitrogen and oxygen atoms in total. The van der Waals surface area contributed by atoms with Crippen molar-refractivity contribution < 1.29 is 33.7 Å². The highest BCUT2D eigenvalue weighted by atomic mass is 16.6. The number of esters is 3. The van der Waals surface area contributed by atoms with Crippen molar-refractivity contribution in [3.63, 3.8) is 0 Å². The van der Waals surface area contributed by atoms with Crippen molar-refractivity contribution in [3.8, 4) is 0 Å². The van der Waals surface area contributed by atoms with Crippen LogP contribution in [0, 0.1) is 40.4 Å². The molecule has 1 N–H and O–H groups in total. The van der Waals surface area contributed by atoms with Gasteiger partial charge in [0, 0.05) is 17.4 Å². The van der Waals surface area contributed by atoms with E-state index in [9.17, 15) is 19.5 Å². The predicted octanol–water partition coefficient (Wildman–Crippen LogP) is 5.14. The molecule has 9 atom stereocenters. The van der Waals surface area contributed by atoms with Crippen molar-refractivity contribution >= 4 is 17.9 Å². The molecule has 5 aliphatic rings. The molecule has 4 saturated carbocycles. The Morgan fingerprint density at radius 3 is 2.48 bits per heavy atom. The number of ether oxygens (including phenoxy) is 3. The minimum Gasteiger partial charge on any atom is -0.462 e. The first-order valence-electron chi connectivity index (χ1n) is 15.1. The number of cyclic esters (lactones) is 1. The summed E-state index contributed by atoms with van der Waals surface area (Å²) in [7, 11) is 0. The molecule has 4 fully saturated rings. The summed E-state index contributed by atoms with van der Waals surface area (Å²) in [5.74, 6) is -0.556. The van der Waals surface area contributed by atoms with Gasteiger partial charge in [-0.05, 0) is 92.4 Å². The second kappa shape index (κ2) is 10.3. The number of fused-ring (bicyclic) bond motifs is 5. The Balaban J connectivity index is 1.09. The van der Waals surface area contributed by atoms with Gasteiger partial charge < -0.3 is 19.3 Å². The Morgan fingerprint density at radius 1 is 0.950 bits per heavy atom. The summed E-state index contributed by atoms with van der Waals surface area (Å²) in [4.78, 5) is 36.4. The van der Waals surface area contributed by atoms with Gasteiger partial charge >= 0.3 is 17.9 Å². The van der Waals surface area contributed by atoms with Crippen LogP contribution in [0.4, 0.5) is 0 Å². The van der Waals surface area contributed by atoms with E-state index < -0.39 is 17.5 Å². The molecule has 1 aromatic carbocycles. The fourth-order valence-electron chi connectivity index (χ4n) is 9.74. The standard InChI is InChI=1S/C33H42O7/c1-31-15-12-24(40-30(36)29(35)39-19-21-6-4-3-5-7-21)18-23(31)9-10-27-26(31)13-16-32(2)25(14-17-33(27,32)37)22-8-11-28(34)38-20-22/h3-8,11,22-27,37H,9-10,12-20H2,1-2H3/t22?,23-,24+,25-,26+,27-,31+,32-,33+/m1/s1. The lowest BCUT2D eigenvalue weighted by Gasteiger charge is -2.64. The largest absolute Gasteiger partial charge is 0.462 e. The number of carbonyl (C=O) groups excluding carboxylic acids is 3. The fourth-order valence-corrected chi connectivity index (χ4v) is 9.74. The molecule has 0 bridgehead atoms. The van der Waals surface area contributed by atoms with Crippen LogP contribution in [-0.4, -0.2) is 41.3 Å². The number of hydrogen-bond acceptors (Lipinski definition) is 7. The molecule has 40 heavy (non-hydrogen) atoms. The van der Waals surface area contributed by atoms with Gasteiger partial charge in [-0.3, -0.25) is 0 Å². The molecule has 4 aliphatic carbocycles. The van der Waals surface area contributed by atoms with Gasteiger partial charge in [0.1, 0.15) is 12.7 Å². The van der Waals surface area contributed by atoms with Crippen LogP contribution in [0.15, 0.2) is 42.5 Å². The van der Waals surface area contributed by atoms with E-state index in [1.165, 1.54) is 0 Å². The maximum Gasteiger partial charge on any atom is 0.417 e. The van der Waals surface area contributed by atoms with Gasteiger partial charge in [0.25, 0.3) is 0 Å². The number of aliphatic hydroxyl groups is 1. The van der Waals surface area contributed by atoms with E-state index in [2.05, 4.69) is 13.8 Å². The molecule has 7 heteroatoms. The van der Waals surface area contributed by atoms with Crippen molar-refractivity contribution in [1.82, 2.24) is 0 Å². The van der Waals surface area contributed by atoms with Gasteiger partial charge in [-0.25, -0.2) is 14.4 Å². The Morgan fingerprint density at radius 2 is 1.73 bits per heavy atom. The summed E-state index contributed by atoms with van der Waals surface area (Å²) in [6.07, 6.45) is 11.5. The number of rotatable bonds is 4. The zero-order valence-electron chi connectivity index (χ0n) is 23.7. The molecule has 0 spiro atoms. The average molecular weight is 551 g/mol. The van der Waals surface area contributed by atoms with Gasteiger partial charge in [0.2, 0.25) is 0 Å². The van der Waals surface area contributed by atoms with E-state index in [1.54, 1.807) is 6.08 Å². The molecule has 1 aromatic rings. The molecule has 1 unspecified atom stereocenters. The lowest BCUT2D eigenvalue weighted by Crippen LogP contribution is -2.62. The molecular weight excluding hydrogens is 508 g/mol. The molecular formula is C33H42O7. The van der Waals surface area contributed by atoms with E-state index in [0.717, 1.165) is 63.4 Å². The SMILES string of the molecule is C[C@]12CC[C@H](OC(=O)C(=O)OCc3ccccc3)C[C@H]1CC[C@@H]1[C@@H]2CC[C@]2(C)[C@@H](C3C=CC(=O)OC3)CC[C@]12O. The molecule has 6 rings (SSSR count). The quantitative estimate of drug-likeness (QED) is 0.315. The van der Waals surface area contributed by atoms with Gasteiger partial charge in [-0.1, -0.05) is 50.3 Å². The lowest BCUT2D eigenvalue weighted by molar-refractivity contribution is -0.215. The molecule has 0 radical (unpaired) electrons. The number of hydrogen-bond donors (Lipinski definition) is 1. The Kier molecular flexibility index (Phi) is 7.09. The van der Waals surface area contributed by atoms with E-state index in [1.807, 2.05) is 36.4 Å². The third-order valence-electron chi connectivity index (χ3n) is 11.9. The molecule has 0 aromatic heterocycles. The maximum absolute atomic E-state index is 12.5. The smallest absolute Gasteiger partial charge is 0.417 e. The van der Waals surface area contributed by atoms with Crippen molar-refractivity contribution in [2.45, 2.75) is 89.9 Å². The van der Waals surface area contributed by atoms with Crippen LogP contribution in [0.1, 0.15) is 77.2 Å². The molecule has 216 valence electrons. The van der Waals surface area contributed by atoms with Gasteiger partial charge in [-0.15, -0.1) is 0 Å². The van der Waals surface area contributed by atoms with Crippen molar-refractivity contribution in [3.05, 3.63) is 48.0 Å². The highest BCUT2D eigenvalue weighted by molar-refractivity contribution is 6.29. The topological polar surface area (TPSA) is 99.1 Å². The number of carbonyl (C=O) groups is 3. The average Bonchev–Trinajstić information content (AvgIpc) is 3.24. The normalized spacial score (nSPS) is 42.1. The minimum atomic E-state index is -0.937. The summed E-state index contributed by atoms with van der Waals surface area (Å²) in [5.41, 5.74) is -0.000408. The maximum atomic E-state index is 12.5. The van der Waals surface area contributed by atoms with Gasteiger partial charge in [0.15, 0.2) is 0 Å². The Bertz CT molecular complexity index is 1180. The molecule has 1 heterocycles. The van der Waals surface area contributed by atoms with Gasteiger partial charge in [0.05, 0.1) is 12.2 Å². The van der Waals surface area contributed by atoms with Crippen LogP contribution in [0.25, 0.3) is 0 Å². The van der Waals surface area contributed by atoms with E-state index in [-0.39, 0.29) is 41.3 Å². The summed E-state index contributed by atoms with van der Waals surface area (Å²) in [5, 5.41) is 12.4. The zero-order valence-corrected chi connectivity index (χ0v) is 23.7. The van der Waals surface area contributed by atoms with Gasteiger partial charge in [-0.2, -0.15) is 0 Å². The summed E-state index contributed by atoms with van der Waals surface area (Å²) in [6.45, 7) is 5.14. The number of benzene rings is 1. The zero-order chi connectivity index (χ0) is 28.1. The Labute approximate surface area is 236 Å². The van der Waals surface area contributed by atoms with Crippen molar-refractivity contribution in [2.75, 3.05) is 6.61 Å². The first kappa shape index (κ1) is 27.5. The highest BCUT2D eigenvalue weighted by Gasteiger charge is 2.68. The van der Waals surface area contributed by atoms with E-state index in [4.69, 9.17) is 14.2 Å². The summed E-state index contributed by atoms with van der Waals surface area (Å²) in [6, 6.07) is 9.29. The third kappa shape index (κ3) is 4.49. The minimum absolute atomic E-state index is 0.0497. The van der Waals surface area contributed by atoms with Crippen LogP contribution in [0.3, 0.4) is 0 Å². The first-order valence-corrected chi connectivity index (χ1v) is 15.1. The summed E-state index contributed by atoms with van der Waals surface area (Å²) >= 11 is 0. The van der Waals surface area contributed by atoms with Crippen LogP contribution in [0.5, 0.6) is 0 Å². The van der Waals surface area contributed by atoms with Crippen LogP contribution >= 0.6 is 0 Å². The van der Waals surface area contributed by atoms with Crippen molar-refractivity contribution in [1.29, 1.82) is 0 Å². The summed E-state index contributed by atoms with van der Waals surface area (Å²) < 4.78 is 16.2. The van der Waals surface area contributed by atoms with E-state index in [0.29, 0.717) is 24.4 Å². The van der Waals surface area contributed by atoms with Crippen LogP contribution < -0.4 is 0 Å². The molecule has 1 aliphatic heterocycles. The molecule has 0 saturated heterocycles. The van der Waals surface area contributed by atoms with E-state index >= 15 is 0 Å². The first-order chi connectivity index (χ1) is 19.1. The Hall–Kier alpha value is -2.67. The lowest BCUT2D eigenvalue weighted by atomic mass is 9.43. The monoisotopic (exact) mass is 550 g/mol. The second-order valence-electron chi connectivity index (χ2n) is 13.5. The van der Waals surface area contributed by atoms with Crippen LogP contribution in [0.2, 0.25) is 0 Å². The van der Waals surface area contributed by atoms with Crippen molar-refractivity contribution in [2.24, 2.45) is 40.4 Å². The third-order valence-corrected chi connectivity index (χ3v) is 11.9. The molecule has 0 amide bonds. The fraction of sp³-hybridized carbons (Fsp3) is 0.667. The predicted molar refractivity (Wildman–Crippen MR) is 146 cm³/mol. The second-order valence-corrected chi connectivity index (χ2v) is 13.5. The highest BCUT2D eigenvalue weighted by Crippen LogP contribution is 2.70. The van der Waals surface area contributed by atoms with Crippen LogP contribution in [-0.2, 0) is 35.2 Å².